The van der Waals surface area contributed by atoms with E-state index in [1.54, 1.807) is 0 Å². The lowest BCUT2D eigenvalue weighted by atomic mass is 9.92. The monoisotopic (exact) mass is 321 g/mol. The number of carbonyl (C=O) groups is 2. The Kier molecular flexibility index (Phi) is 5.26. The predicted octanol–water partition coefficient (Wildman–Crippen LogP) is 1.95. The molecule has 0 aliphatic heterocycles. The second-order valence-electron chi connectivity index (χ2n) is 5.02. The Morgan fingerprint density at radius 2 is 1.83 bits per heavy atom. The second kappa shape index (κ2) is 7.37. The molecule has 0 aliphatic rings. The lowest BCUT2D eigenvalue weighted by Gasteiger charge is -2.03. The van der Waals surface area contributed by atoms with E-state index in [1.165, 1.54) is 54.6 Å². The number of hydrogen-bond donors (Lipinski definition) is 1. The Balaban J connectivity index is 2.03. The normalized spacial score (nSPS) is 10.7. The van der Waals surface area contributed by atoms with Crippen LogP contribution in [-0.2, 0) is 4.79 Å². The molecule has 2 radical (unpaired) electrons. The second-order valence-corrected chi connectivity index (χ2v) is 5.02. The number of phenolic OH excluding ortho intramolecular Hbond substituents is 1. The number of allylic oxidation sites excluding steroid dienone is 1. The van der Waals surface area contributed by atoms with Gasteiger partial charge >= 0.3 is 0 Å². The van der Waals surface area contributed by atoms with Gasteiger partial charge in [-0.3, -0.25) is 19.7 Å². The largest absolute Gasteiger partial charge is 0.507 e. The molecule has 0 saturated carbocycles. The van der Waals surface area contributed by atoms with E-state index in [0.717, 1.165) is 0 Å². The third-order valence-electron chi connectivity index (χ3n) is 3.22. The van der Waals surface area contributed by atoms with Crippen molar-refractivity contribution in [1.29, 1.82) is 0 Å². The van der Waals surface area contributed by atoms with Crippen molar-refractivity contribution in [3.05, 3.63) is 69.8 Å². The number of ketones is 2. The summed E-state index contributed by atoms with van der Waals surface area (Å²) in [5.41, 5.74) is 0.844. The molecule has 0 aliphatic carbocycles. The smallest absolute Gasteiger partial charge is 0.269 e. The molecule has 118 valence electrons. The maximum absolute atomic E-state index is 12.0. The molecule has 0 spiro atoms. The van der Waals surface area contributed by atoms with Crippen LogP contribution in [0.15, 0.2) is 48.5 Å². The van der Waals surface area contributed by atoms with Gasteiger partial charge in [0.15, 0.2) is 11.6 Å². The first-order valence-electron chi connectivity index (χ1n) is 6.94. The molecule has 0 amide bonds. The first kappa shape index (κ1) is 17.1. The molecular weight excluding hydrogens is 309 g/mol. The van der Waals surface area contributed by atoms with E-state index in [0.29, 0.717) is 11.0 Å². The fourth-order valence-electron chi connectivity index (χ4n) is 1.99. The zero-order valence-corrected chi connectivity index (χ0v) is 12.5. The van der Waals surface area contributed by atoms with Crippen molar-refractivity contribution in [1.82, 2.24) is 0 Å². The molecule has 0 atom stereocenters. The van der Waals surface area contributed by atoms with Crippen molar-refractivity contribution in [2.45, 2.75) is 6.42 Å². The van der Waals surface area contributed by atoms with Gasteiger partial charge in [0, 0.05) is 12.1 Å². The Hall–Kier alpha value is -3.22. The van der Waals surface area contributed by atoms with Crippen molar-refractivity contribution < 1.29 is 19.6 Å². The van der Waals surface area contributed by atoms with E-state index in [4.69, 9.17) is 7.85 Å². The molecule has 0 fully saturated rings. The van der Waals surface area contributed by atoms with Crippen molar-refractivity contribution in [3.8, 4) is 5.75 Å². The van der Waals surface area contributed by atoms with Gasteiger partial charge in [-0.2, -0.15) is 0 Å². The fraction of sp³-hybridized carbons (Fsp3) is 0.0588. The summed E-state index contributed by atoms with van der Waals surface area (Å²) in [6.07, 6.45) is 2.25. The van der Waals surface area contributed by atoms with Crippen LogP contribution in [0, 0.1) is 10.1 Å². The maximum Gasteiger partial charge on any atom is 0.269 e. The minimum atomic E-state index is -0.543. The topological polar surface area (TPSA) is 97.5 Å². The predicted molar refractivity (Wildman–Crippen MR) is 89.6 cm³/mol. The highest BCUT2D eigenvalue weighted by Gasteiger charge is 2.14. The first-order chi connectivity index (χ1) is 11.4. The van der Waals surface area contributed by atoms with Crippen LogP contribution in [0.1, 0.15) is 22.3 Å². The summed E-state index contributed by atoms with van der Waals surface area (Å²) in [5.74, 6) is -1.24. The zero-order valence-electron chi connectivity index (χ0n) is 12.5. The number of benzene rings is 2. The molecule has 7 heteroatoms. The average molecular weight is 321 g/mol. The van der Waals surface area contributed by atoms with Crippen LogP contribution < -0.4 is 5.46 Å². The first-order valence-corrected chi connectivity index (χ1v) is 6.94. The molecular formula is C17H12BNO5. The molecule has 0 bridgehead atoms. The van der Waals surface area contributed by atoms with E-state index < -0.39 is 22.9 Å². The standard InChI is InChI=1S/C17H12BNO5/c18-12-4-8-16(21)15(9-12)17(22)10-14(20)7-3-11-1-5-13(6-2-11)19(23)24/h1-9,21H,10H2/b7-3+. The number of carbonyl (C=O) groups excluding carboxylic acids is 2. The summed E-state index contributed by atoms with van der Waals surface area (Å²) in [6, 6.07) is 9.67. The molecule has 24 heavy (non-hydrogen) atoms. The van der Waals surface area contributed by atoms with Gasteiger partial charge in [-0.25, -0.2) is 0 Å². The third kappa shape index (κ3) is 4.39. The Labute approximate surface area is 139 Å². The van der Waals surface area contributed by atoms with Gasteiger partial charge in [-0.05, 0) is 29.8 Å². The van der Waals surface area contributed by atoms with Gasteiger partial charge in [0.2, 0.25) is 0 Å². The number of nitro benzene ring substituents is 1. The van der Waals surface area contributed by atoms with E-state index in [9.17, 15) is 24.8 Å². The molecule has 2 aromatic rings. The minimum absolute atomic E-state index is 0.00733. The highest BCUT2D eigenvalue weighted by Crippen LogP contribution is 2.17. The molecule has 0 heterocycles. The van der Waals surface area contributed by atoms with Crippen LogP contribution in [0.5, 0.6) is 5.75 Å². The fourth-order valence-corrected chi connectivity index (χ4v) is 1.99. The zero-order chi connectivity index (χ0) is 17.7. The lowest BCUT2D eigenvalue weighted by molar-refractivity contribution is -0.384. The number of Topliss-reactive ketones (excluding diaryl/α,β-unsaturated/α-hetero) is 1. The SMILES string of the molecule is [B]c1ccc(O)c(C(=O)CC(=O)/C=C/c2ccc([N+](=O)[O-])cc2)c1. The highest BCUT2D eigenvalue weighted by atomic mass is 16.6. The van der Waals surface area contributed by atoms with Gasteiger partial charge < -0.3 is 5.11 Å². The molecule has 0 saturated heterocycles. The summed E-state index contributed by atoms with van der Waals surface area (Å²) in [7, 11) is 5.55. The number of phenols is 1. The van der Waals surface area contributed by atoms with Gasteiger partial charge in [0.1, 0.15) is 13.6 Å². The molecule has 1 N–H and O–H groups in total. The van der Waals surface area contributed by atoms with Crippen molar-refractivity contribution in [3.63, 3.8) is 0 Å². The van der Waals surface area contributed by atoms with Crippen LogP contribution in [-0.4, -0.2) is 29.4 Å². The van der Waals surface area contributed by atoms with Gasteiger partial charge in [-0.1, -0.05) is 23.7 Å². The van der Waals surface area contributed by atoms with E-state index >= 15 is 0 Å². The number of nitro groups is 1. The molecule has 6 nitrogen and oxygen atoms in total. The molecule has 0 unspecified atom stereocenters. The van der Waals surface area contributed by atoms with Crippen molar-refractivity contribution >= 4 is 36.6 Å². The number of rotatable bonds is 6. The van der Waals surface area contributed by atoms with Crippen molar-refractivity contribution in [2.75, 3.05) is 0 Å². The highest BCUT2D eigenvalue weighted by molar-refractivity contribution is 6.33. The molecule has 0 aromatic heterocycles. The average Bonchev–Trinajstić information content (AvgIpc) is 2.55. The van der Waals surface area contributed by atoms with E-state index in [-0.39, 0.29) is 17.0 Å². The quantitative estimate of drug-likeness (QED) is 0.219. The van der Waals surface area contributed by atoms with Crippen LogP contribution >= 0.6 is 0 Å². The maximum atomic E-state index is 12.0. The van der Waals surface area contributed by atoms with Gasteiger partial charge in [0.25, 0.3) is 5.69 Å². The molecule has 2 aromatic carbocycles. The lowest BCUT2D eigenvalue weighted by Crippen LogP contribution is -2.10. The van der Waals surface area contributed by atoms with E-state index in [2.05, 4.69) is 0 Å². The van der Waals surface area contributed by atoms with Crippen LogP contribution in [0.3, 0.4) is 0 Å². The summed E-state index contributed by atoms with van der Waals surface area (Å²) in [6.45, 7) is 0. The number of non-ortho nitro benzene ring substituents is 1. The van der Waals surface area contributed by atoms with Crippen LogP contribution in [0.2, 0.25) is 0 Å². The van der Waals surface area contributed by atoms with Gasteiger partial charge in [0.05, 0.1) is 16.9 Å². The summed E-state index contributed by atoms with van der Waals surface area (Å²) < 4.78 is 0. The minimum Gasteiger partial charge on any atom is -0.507 e. The Bertz CT molecular complexity index is 827. The van der Waals surface area contributed by atoms with Crippen LogP contribution in [0.4, 0.5) is 5.69 Å². The summed E-state index contributed by atoms with van der Waals surface area (Å²) >= 11 is 0. The molecule has 2 rings (SSSR count). The van der Waals surface area contributed by atoms with Crippen molar-refractivity contribution in [2.24, 2.45) is 0 Å². The third-order valence-corrected chi connectivity index (χ3v) is 3.22. The Morgan fingerprint density at radius 1 is 1.17 bits per heavy atom. The number of aromatic hydroxyl groups is 1. The van der Waals surface area contributed by atoms with E-state index in [1.807, 2.05) is 0 Å². The summed E-state index contributed by atoms with van der Waals surface area (Å²) in [5, 5.41) is 20.2. The summed E-state index contributed by atoms with van der Waals surface area (Å²) in [4.78, 5) is 33.9. The number of nitrogens with zero attached hydrogens (tertiary/aromatic N) is 1. The Morgan fingerprint density at radius 3 is 2.46 bits per heavy atom. The van der Waals surface area contributed by atoms with Gasteiger partial charge in [-0.15, -0.1) is 0 Å². The number of hydrogen-bond acceptors (Lipinski definition) is 5. The van der Waals surface area contributed by atoms with Crippen LogP contribution in [0.25, 0.3) is 6.08 Å².